The Labute approximate surface area is 200 Å². The third-order valence-corrected chi connectivity index (χ3v) is 6.03. The second-order valence-corrected chi connectivity index (χ2v) is 8.43. The smallest absolute Gasteiger partial charge is 0.124 e. The molecule has 0 saturated carbocycles. The molecule has 0 amide bonds. The topological polar surface area (TPSA) is 70.3 Å². The van der Waals surface area contributed by atoms with E-state index in [2.05, 4.69) is 100 Å². The number of nitrogens with one attached hydrogen (secondary N) is 4. The Morgan fingerprint density at radius 1 is 1.09 bits per heavy atom. The molecule has 4 N–H and O–H groups in total. The van der Waals surface area contributed by atoms with Gasteiger partial charge in [-0.3, -0.25) is 0 Å². The quantitative estimate of drug-likeness (QED) is 0.476. The van der Waals surface area contributed by atoms with E-state index in [0.29, 0.717) is 6.61 Å². The number of rotatable bonds is 8. The van der Waals surface area contributed by atoms with Gasteiger partial charge in [0.15, 0.2) is 0 Å². The summed E-state index contributed by atoms with van der Waals surface area (Å²) < 4.78 is 11.7. The lowest BCUT2D eigenvalue weighted by Gasteiger charge is -2.21. The lowest BCUT2D eigenvalue weighted by atomic mass is 10.0. The lowest BCUT2D eigenvalue weighted by Crippen LogP contribution is -2.30. The largest absolute Gasteiger partial charge is 0.496 e. The third kappa shape index (κ3) is 5.42. The Hall–Kier alpha value is -3.74. The summed E-state index contributed by atoms with van der Waals surface area (Å²) in [5, 5.41) is 4.37. The molecule has 0 fully saturated rings. The average molecular weight is 455 g/mol. The number of hydrogen-bond acceptors (Lipinski definition) is 5. The maximum absolute atomic E-state index is 6.06. The number of allylic oxidation sites excluding steroid dienone is 2. The van der Waals surface area contributed by atoms with Crippen LogP contribution in [0.2, 0.25) is 0 Å². The van der Waals surface area contributed by atoms with E-state index in [9.17, 15) is 0 Å². The van der Waals surface area contributed by atoms with Gasteiger partial charge in [0, 0.05) is 29.5 Å². The van der Waals surface area contributed by atoms with Gasteiger partial charge in [-0.1, -0.05) is 42.5 Å². The zero-order valence-electron chi connectivity index (χ0n) is 19.3. The van der Waals surface area contributed by atoms with E-state index in [1.54, 1.807) is 7.11 Å². The molecule has 0 radical (unpaired) electrons. The van der Waals surface area contributed by atoms with E-state index < -0.39 is 0 Å². The molecule has 6 nitrogen and oxygen atoms in total. The Morgan fingerprint density at radius 3 is 2.94 bits per heavy atom. The summed E-state index contributed by atoms with van der Waals surface area (Å²) in [5.74, 6) is 0.845. The summed E-state index contributed by atoms with van der Waals surface area (Å²) in [5.41, 5.74) is 12.1. The lowest BCUT2D eigenvalue weighted by molar-refractivity contribution is 0.102. The summed E-state index contributed by atoms with van der Waals surface area (Å²) in [6, 6.07) is 8.57. The first-order valence-electron chi connectivity index (χ1n) is 11.6. The van der Waals surface area contributed by atoms with Gasteiger partial charge >= 0.3 is 0 Å². The minimum atomic E-state index is 0.0180. The molecule has 1 aromatic heterocycles. The van der Waals surface area contributed by atoms with Crippen LogP contribution in [0.3, 0.4) is 0 Å². The third-order valence-electron chi connectivity index (χ3n) is 6.03. The van der Waals surface area contributed by atoms with Crippen molar-refractivity contribution in [2.45, 2.75) is 18.6 Å². The van der Waals surface area contributed by atoms with Gasteiger partial charge < -0.3 is 25.2 Å². The number of benzene rings is 1. The number of aromatic nitrogens is 1. The standard InChI is InChI=1S/C28H30N4O2/c1-33-28-18-26(34-19-21-10-13-29-14-11-21)9-6-23(28)5-8-25-17-24(31-32-25)7-3-20-2-4-22-12-15-30-27(22)16-20/h2-8,10-13,15-18,25-26,29-32H,9,14,19H2,1H3/b7-3+,8-5+. The number of ether oxygens (including phenoxy) is 2. The molecule has 0 bridgehead atoms. The van der Waals surface area contributed by atoms with Gasteiger partial charge in [0.2, 0.25) is 0 Å². The van der Waals surface area contributed by atoms with E-state index in [0.717, 1.165) is 41.1 Å². The molecule has 0 spiro atoms. The highest BCUT2D eigenvalue weighted by Crippen LogP contribution is 2.24. The number of hydrogen-bond donors (Lipinski definition) is 4. The highest BCUT2D eigenvalue weighted by Gasteiger charge is 2.17. The second-order valence-electron chi connectivity index (χ2n) is 8.43. The zero-order valence-corrected chi connectivity index (χ0v) is 19.3. The summed E-state index contributed by atoms with van der Waals surface area (Å²) >= 11 is 0. The van der Waals surface area contributed by atoms with Crippen molar-refractivity contribution in [1.29, 1.82) is 0 Å². The van der Waals surface area contributed by atoms with Gasteiger partial charge in [0.25, 0.3) is 0 Å². The first-order valence-corrected chi connectivity index (χ1v) is 11.6. The molecular formula is C28H30N4O2. The average Bonchev–Trinajstić information content (AvgIpc) is 3.55. The number of dihydropyridines is 1. The SMILES string of the molecule is COC1=CC(OCC2=CCNC=C2)CC=C1/C=C/C1C=C(/C=C/c2ccc3cc[nH]c3c2)NN1. The molecular weight excluding hydrogens is 424 g/mol. The van der Waals surface area contributed by atoms with Crippen LogP contribution in [0.4, 0.5) is 0 Å². The highest BCUT2D eigenvalue weighted by atomic mass is 16.5. The van der Waals surface area contributed by atoms with Crippen LogP contribution in [0.5, 0.6) is 0 Å². The minimum Gasteiger partial charge on any atom is -0.496 e. The summed E-state index contributed by atoms with van der Waals surface area (Å²) in [6.45, 7) is 1.46. The maximum Gasteiger partial charge on any atom is 0.124 e. The number of H-pyrrole nitrogens is 1. The van der Waals surface area contributed by atoms with E-state index in [4.69, 9.17) is 9.47 Å². The van der Waals surface area contributed by atoms with Crippen molar-refractivity contribution >= 4 is 17.0 Å². The van der Waals surface area contributed by atoms with Gasteiger partial charge in [0.1, 0.15) is 5.76 Å². The van der Waals surface area contributed by atoms with Crippen LogP contribution in [-0.4, -0.2) is 37.4 Å². The normalized spacial score (nSPS) is 22.4. The van der Waals surface area contributed by atoms with Crippen molar-refractivity contribution in [2.75, 3.05) is 20.3 Å². The van der Waals surface area contributed by atoms with Gasteiger partial charge in [-0.2, -0.15) is 0 Å². The molecule has 2 unspecified atom stereocenters. The molecule has 2 aliphatic heterocycles. The van der Waals surface area contributed by atoms with E-state index in [-0.39, 0.29) is 12.1 Å². The van der Waals surface area contributed by atoms with Crippen molar-refractivity contribution in [2.24, 2.45) is 0 Å². The first-order chi connectivity index (χ1) is 16.8. The van der Waals surface area contributed by atoms with Crippen LogP contribution >= 0.6 is 0 Å². The van der Waals surface area contributed by atoms with Crippen molar-refractivity contribution in [3.05, 3.63) is 113 Å². The number of methoxy groups -OCH3 is 1. The molecule has 174 valence electrons. The molecule has 1 aliphatic carbocycles. The van der Waals surface area contributed by atoms with E-state index in [1.165, 1.54) is 11.0 Å². The Kier molecular flexibility index (Phi) is 6.79. The van der Waals surface area contributed by atoms with Gasteiger partial charge in [-0.25, -0.2) is 5.43 Å². The van der Waals surface area contributed by atoms with Crippen LogP contribution in [-0.2, 0) is 9.47 Å². The molecule has 2 aromatic rings. The van der Waals surface area contributed by atoms with Crippen molar-refractivity contribution in [3.63, 3.8) is 0 Å². The van der Waals surface area contributed by atoms with Gasteiger partial charge in [0.05, 0.1) is 25.9 Å². The zero-order chi connectivity index (χ0) is 23.2. The van der Waals surface area contributed by atoms with Gasteiger partial charge in [-0.05, 0) is 65.6 Å². The minimum absolute atomic E-state index is 0.0180. The number of fused-ring (bicyclic) bond motifs is 1. The predicted molar refractivity (Wildman–Crippen MR) is 137 cm³/mol. The molecule has 5 rings (SSSR count). The maximum atomic E-state index is 6.06. The summed E-state index contributed by atoms with van der Waals surface area (Å²) in [7, 11) is 1.71. The van der Waals surface area contributed by atoms with Crippen LogP contribution in [0.25, 0.3) is 17.0 Å². The molecule has 6 heteroatoms. The Balaban J connectivity index is 1.16. The fraction of sp³-hybridized carbons (Fsp3) is 0.214. The monoisotopic (exact) mass is 454 g/mol. The summed E-state index contributed by atoms with van der Waals surface area (Å²) in [6.07, 6.45) is 23.8. The van der Waals surface area contributed by atoms with Crippen LogP contribution < -0.4 is 16.2 Å². The number of aromatic amines is 1. The molecule has 1 aromatic carbocycles. The van der Waals surface area contributed by atoms with Gasteiger partial charge in [-0.15, -0.1) is 0 Å². The summed E-state index contributed by atoms with van der Waals surface area (Å²) in [4.78, 5) is 3.25. The highest BCUT2D eigenvalue weighted by molar-refractivity contribution is 5.81. The van der Waals surface area contributed by atoms with Crippen molar-refractivity contribution in [1.82, 2.24) is 21.2 Å². The molecule has 0 saturated heterocycles. The number of hydrazine groups is 1. The molecule has 2 atom stereocenters. The molecule has 3 heterocycles. The van der Waals surface area contributed by atoms with E-state index in [1.807, 2.05) is 12.4 Å². The molecule has 3 aliphatic rings. The van der Waals surface area contributed by atoms with Crippen LogP contribution in [0.1, 0.15) is 12.0 Å². The Morgan fingerprint density at radius 2 is 2.06 bits per heavy atom. The van der Waals surface area contributed by atoms with E-state index >= 15 is 0 Å². The fourth-order valence-electron chi connectivity index (χ4n) is 4.14. The fourth-order valence-corrected chi connectivity index (χ4v) is 4.14. The van der Waals surface area contributed by atoms with Crippen LogP contribution in [0.15, 0.2) is 108 Å². The van der Waals surface area contributed by atoms with Crippen molar-refractivity contribution < 1.29 is 9.47 Å². The molecule has 34 heavy (non-hydrogen) atoms. The predicted octanol–water partition coefficient (Wildman–Crippen LogP) is 4.39. The second kappa shape index (κ2) is 10.5. The van der Waals surface area contributed by atoms with Crippen molar-refractivity contribution in [3.8, 4) is 0 Å². The Bertz CT molecular complexity index is 1240. The first kappa shape index (κ1) is 22.1. The van der Waals surface area contributed by atoms with Crippen LogP contribution in [0, 0.1) is 0 Å².